The number of hydrogen-bond acceptors (Lipinski definition) is 2. The molecule has 1 heterocycles. The zero-order valence-electron chi connectivity index (χ0n) is 6.29. The lowest BCUT2D eigenvalue weighted by molar-refractivity contribution is 0.380. The normalized spacial score (nSPS) is 9.90. The molecule has 0 saturated carbocycles. The maximum absolute atomic E-state index is 11.0. The minimum Gasteiger partial charge on any atom is -0.481 e. The van der Waals surface area contributed by atoms with Gasteiger partial charge < -0.3 is 4.74 Å². The molecular formula is C6H10N2O2. The molecule has 0 aliphatic heterocycles. The SMILES string of the molecule is COc1cn(C)c(=O)n1C. The first-order valence-electron chi connectivity index (χ1n) is 2.93. The smallest absolute Gasteiger partial charge is 0.330 e. The summed E-state index contributed by atoms with van der Waals surface area (Å²) in [4.78, 5) is 11.0. The highest BCUT2D eigenvalue weighted by Gasteiger charge is 2.02. The predicted molar refractivity (Wildman–Crippen MR) is 37.2 cm³/mol. The molecule has 1 aromatic rings. The molecule has 0 bridgehead atoms. The van der Waals surface area contributed by atoms with Crippen LogP contribution >= 0.6 is 0 Å². The highest BCUT2D eigenvalue weighted by atomic mass is 16.5. The molecule has 0 atom stereocenters. The molecule has 0 fully saturated rings. The van der Waals surface area contributed by atoms with Gasteiger partial charge in [0.15, 0.2) is 0 Å². The maximum atomic E-state index is 11.0. The van der Waals surface area contributed by atoms with E-state index >= 15 is 0 Å². The van der Waals surface area contributed by atoms with Gasteiger partial charge in [0.2, 0.25) is 5.88 Å². The number of ether oxygens (including phenoxy) is 1. The Balaban J connectivity index is 3.31. The van der Waals surface area contributed by atoms with Gasteiger partial charge in [-0.3, -0.25) is 9.13 Å². The highest BCUT2D eigenvalue weighted by molar-refractivity contribution is 5.05. The molecule has 0 aliphatic rings. The van der Waals surface area contributed by atoms with Crippen molar-refractivity contribution in [2.24, 2.45) is 14.1 Å². The van der Waals surface area contributed by atoms with Crippen molar-refractivity contribution in [3.05, 3.63) is 16.7 Å². The lowest BCUT2D eigenvalue weighted by Crippen LogP contribution is -2.19. The van der Waals surface area contributed by atoms with E-state index in [-0.39, 0.29) is 5.69 Å². The van der Waals surface area contributed by atoms with Crippen molar-refractivity contribution in [1.29, 1.82) is 0 Å². The van der Waals surface area contributed by atoms with Crippen molar-refractivity contribution >= 4 is 0 Å². The van der Waals surface area contributed by atoms with Gasteiger partial charge in [0.25, 0.3) is 0 Å². The molecule has 1 rings (SSSR count). The maximum Gasteiger partial charge on any atom is 0.330 e. The summed E-state index contributed by atoms with van der Waals surface area (Å²) in [6.07, 6.45) is 1.64. The Morgan fingerprint density at radius 2 is 2.10 bits per heavy atom. The molecular weight excluding hydrogens is 132 g/mol. The fraction of sp³-hybridized carbons (Fsp3) is 0.500. The lowest BCUT2D eigenvalue weighted by Gasteiger charge is -1.94. The number of imidazole rings is 1. The molecule has 0 amide bonds. The number of nitrogens with zero attached hydrogens (tertiary/aromatic N) is 2. The molecule has 0 unspecified atom stereocenters. The van der Waals surface area contributed by atoms with Crippen LogP contribution in [0.2, 0.25) is 0 Å². The average molecular weight is 142 g/mol. The molecule has 0 aliphatic carbocycles. The molecule has 0 aromatic carbocycles. The summed E-state index contributed by atoms with van der Waals surface area (Å²) in [5.41, 5.74) is -0.0724. The van der Waals surface area contributed by atoms with Crippen LogP contribution in [0.4, 0.5) is 0 Å². The molecule has 56 valence electrons. The van der Waals surface area contributed by atoms with Crippen LogP contribution < -0.4 is 10.4 Å². The van der Waals surface area contributed by atoms with Crippen LogP contribution in [0.25, 0.3) is 0 Å². The third kappa shape index (κ3) is 0.814. The van der Waals surface area contributed by atoms with E-state index in [0.717, 1.165) is 0 Å². The van der Waals surface area contributed by atoms with Crippen LogP contribution in [0.5, 0.6) is 5.88 Å². The van der Waals surface area contributed by atoms with Gasteiger partial charge in [-0.2, -0.15) is 0 Å². The summed E-state index contributed by atoms with van der Waals surface area (Å²) in [5, 5.41) is 0. The van der Waals surface area contributed by atoms with Gasteiger partial charge in [-0.15, -0.1) is 0 Å². The van der Waals surface area contributed by atoms with Gasteiger partial charge >= 0.3 is 5.69 Å². The summed E-state index contributed by atoms with van der Waals surface area (Å²) in [5.74, 6) is 0.576. The standard InChI is InChI=1S/C6H10N2O2/c1-7-4-5(10-3)8(2)6(7)9/h4H,1-3H3. The molecule has 4 nitrogen and oxygen atoms in total. The highest BCUT2D eigenvalue weighted by Crippen LogP contribution is 2.02. The lowest BCUT2D eigenvalue weighted by atomic mass is 10.8. The molecule has 0 spiro atoms. The topological polar surface area (TPSA) is 36.2 Å². The van der Waals surface area contributed by atoms with Crippen LogP contribution in [0.3, 0.4) is 0 Å². The first kappa shape index (κ1) is 6.92. The van der Waals surface area contributed by atoms with E-state index < -0.39 is 0 Å². The number of aryl methyl sites for hydroxylation is 1. The Morgan fingerprint density at radius 3 is 2.30 bits per heavy atom. The van der Waals surface area contributed by atoms with Crippen LogP contribution in [0.1, 0.15) is 0 Å². The zero-order valence-corrected chi connectivity index (χ0v) is 6.29. The molecule has 0 radical (unpaired) electrons. The van der Waals surface area contributed by atoms with Crippen LogP contribution in [0.15, 0.2) is 11.0 Å². The van der Waals surface area contributed by atoms with Gasteiger partial charge in [-0.25, -0.2) is 4.79 Å². The van der Waals surface area contributed by atoms with Crippen molar-refractivity contribution in [3.63, 3.8) is 0 Å². The Morgan fingerprint density at radius 1 is 1.50 bits per heavy atom. The molecule has 1 aromatic heterocycles. The average Bonchev–Trinajstić information content (AvgIpc) is 2.17. The molecule has 10 heavy (non-hydrogen) atoms. The zero-order chi connectivity index (χ0) is 7.72. The number of methoxy groups -OCH3 is 1. The quantitative estimate of drug-likeness (QED) is 0.541. The number of hydrogen-bond donors (Lipinski definition) is 0. The molecule has 4 heteroatoms. The monoisotopic (exact) mass is 142 g/mol. The second kappa shape index (κ2) is 2.21. The van der Waals surface area contributed by atoms with Crippen LogP contribution in [0, 0.1) is 0 Å². The second-order valence-corrected chi connectivity index (χ2v) is 2.12. The summed E-state index contributed by atoms with van der Waals surface area (Å²) in [7, 11) is 4.89. The van der Waals surface area contributed by atoms with Gasteiger partial charge in [-0.1, -0.05) is 0 Å². The van der Waals surface area contributed by atoms with Crippen LogP contribution in [-0.4, -0.2) is 16.2 Å². The van der Waals surface area contributed by atoms with Gasteiger partial charge in [0.05, 0.1) is 13.3 Å². The number of aromatic nitrogens is 2. The van der Waals surface area contributed by atoms with Gasteiger partial charge in [0, 0.05) is 14.1 Å². The Hall–Kier alpha value is -1.19. The third-order valence-corrected chi connectivity index (χ3v) is 1.43. The van der Waals surface area contributed by atoms with E-state index in [1.807, 2.05) is 0 Å². The second-order valence-electron chi connectivity index (χ2n) is 2.12. The number of rotatable bonds is 1. The minimum absolute atomic E-state index is 0.0724. The summed E-state index contributed by atoms with van der Waals surface area (Å²) in [6, 6.07) is 0. The summed E-state index contributed by atoms with van der Waals surface area (Å²) >= 11 is 0. The first-order valence-corrected chi connectivity index (χ1v) is 2.93. The fourth-order valence-corrected chi connectivity index (χ4v) is 0.828. The van der Waals surface area contributed by atoms with Crippen LogP contribution in [-0.2, 0) is 14.1 Å². The minimum atomic E-state index is -0.0724. The predicted octanol–water partition coefficient (Wildman–Crippen LogP) is -0.268. The van der Waals surface area contributed by atoms with E-state index in [2.05, 4.69) is 0 Å². The van der Waals surface area contributed by atoms with Crippen molar-refractivity contribution in [2.75, 3.05) is 7.11 Å². The fourth-order valence-electron chi connectivity index (χ4n) is 0.828. The molecule has 0 N–H and O–H groups in total. The summed E-state index contributed by atoms with van der Waals surface area (Å²) < 4.78 is 7.80. The van der Waals surface area contributed by atoms with E-state index in [4.69, 9.17) is 4.74 Å². The third-order valence-electron chi connectivity index (χ3n) is 1.43. The largest absolute Gasteiger partial charge is 0.481 e. The van der Waals surface area contributed by atoms with E-state index in [9.17, 15) is 4.79 Å². The van der Waals surface area contributed by atoms with Crippen molar-refractivity contribution in [2.45, 2.75) is 0 Å². The van der Waals surface area contributed by atoms with E-state index in [1.54, 1.807) is 20.3 Å². The van der Waals surface area contributed by atoms with Gasteiger partial charge in [0.1, 0.15) is 0 Å². The Kier molecular flexibility index (Phi) is 1.53. The van der Waals surface area contributed by atoms with Crippen molar-refractivity contribution in [1.82, 2.24) is 9.13 Å². The first-order chi connectivity index (χ1) is 4.66. The van der Waals surface area contributed by atoms with Crippen molar-refractivity contribution in [3.8, 4) is 5.88 Å². The van der Waals surface area contributed by atoms with Crippen molar-refractivity contribution < 1.29 is 4.74 Å². The van der Waals surface area contributed by atoms with Gasteiger partial charge in [-0.05, 0) is 0 Å². The summed E-state index contributed by atoms with van der Waals surface area (Å²) in [6.45, 7) is 0. The Labute approximate surface area is 58.7 Å². The molecule has 0 saturated heterocycles. The Bertz CT molecular complexity index is 284. The van der Waals surface area contributed by atoms with E-state index in [1.165, 1.54) is 16.2 Å². The van der Waals surface area contributed by atoms with E-state index in [0.29, 0.717) is 5.88 Å².